The summed E-state index contributed by atoms with van der Waals surface area (Å²) in [4.78, 5) is 2.29. The van der Waals surface area contributed by atoms with Crippen LogP contribution in [0, 0.1) is 0 Å². The molecule has 2 aromatic rings. The Hall–Kier alpha value is -1.32. The summed E-state index contributed by atoms with van der Waals surface area (Å²) >= 11 is 3.58. The second-order valence-corrected chi connectivity index (χ2v) is 6.40. The maximum Gasteiger partial charge on any atom is 0.0426 e. The lowest BCUT2D eigenvalue weighted by Crippen LogP contribution is -2.24. The monoisotopic (exact) mass is 346 g/mol. The van der Waals surface area contributed by atoms with Crippen LogP contribution in [0.2, 0.25) is 0 Å². The van der Waals surface area contributed by atoms with Crippen LogP contribution in [0.25, 0.3) is 0 Å². The maximum atomic E-state index is 6.13. The minimum absolute atomic E-state index is 0.218. The summed E-state index contributed by atoms with van der Waals surface area (Å²) in [7, 11) is 2.13. The van der Waals surface area contributed by atoms with Gasteiger partial charge in [-0.2, -0.15) is 0 Å². The molecule has 0 saturated heterocycles. The molecule has 1 atom stereocenters. The van der Waals surface area contributed by atoms with Gasteiger partial charge in [0.15, 0.2) is 0 Å². The third-order valence-electron chi connectivity index (χ3n) is 3.73. The first-order valence-corrected chi connectivity index (χ1v) is 8.18. The fourth-order valence-corrected chi connectivity index (χ4v) is 2.78. The highest BCUT2D eigenvalue weighted by Gasteiger charge is 2.11. The number of halogens is 1. The highest BCUT2D eigenvalue weighted by molar-refractivity contribution is 9.10. The van der Waals surface area contributed by atoms with Gasteiger partial charge in [0.05, 0.1) is 0 Å². The van der Waals surface area contributed by atoms with E-state index in [0.717, 1.165) is 23.9 Å². The Morgan fingerprint density at radius 1 is 1.14 bits per heavy atom. The van der Waals surface area contributed by atoms with Gasteiger partial charge in [0, 0.05) is 29.8 Å². The Morgan fingerprint density at radius 2 is 1.86 bits per heavy atom. The molecule has 1 unspecified atom stereocenters. The fraction of sp³-hybridized carbons (Fsp3) is 0.333. The van der Waals surface area contributed by atoms with E-state index in [4.69, 9.17) is 5.73 Å². The molecular weight excluding hydrogens is 324 g/mol. The van der Waals surface area contributed by atoms with Crippen molar-refractivity contribution in [3.8, 4) is 0 Å². The van der Waals surface area contributed by atoms with Gasteiger partial charge in [-0.1, -0.05) is 59.3 Å². The average Bonchev–Trinajstić information content (AvgIpc) is 2.49. The lowest BCUT2D eigenvalue weighted by Gasteiger charge is -2.24. The van der Waals surface area contributed by atoms with Crippen molar-refractivity contribution in [3.63, 3.8) is 0 Å². The Morgan fingerprint density at radius 3 is 2.52 bits per heavy atom. The van der Waals surface area contributed by atoms with Crippen molar-refractivity contribution in [2.24, 2.45) is 5.73 Å². The van der Waals surface area contributed by atoms with Crippen molar-refractivity contribution in [2.75, 3.05) is 11.9 Å². The lowest BCUT2D eigenvalue weighted by molar-refractivity contribution is 0.645. The molecule has 0 fully saturated rings. The van der Waals surface area contributed by atoms with Crippen LogP contribution in [-0.4, -0.2) is 13.1 Å². The van der Waals surface area contributed by atoms with Crippen LogP contribution < -0.4 is 10.6 Å². The van der Waals surface area contributed by atoms with Crippen molar-refractivity contribution < 1.29 is 0 Å². The van der Waals surface area contributed by atoms with Crippen molar-refractivity contribution in [1.82, 2.24) is 0 Å². The molecule has 2 N–H and O–H groups in total. The second kappa shape index (κ2) is 7.62. The van der Waals surface area contributed by atoms with Gasteiger partial charge in [-0.15, -0.1) is 0 Å². The molecule has 0 aliphatic rings. The number of nitrogens with zero attached hydrogens (tertiary/aromatic N) is 1. The van der Waals surface area contributed by atoms with Crippen molar-refractivity contribution in [3.05, 3.63) is 64.1 Å². The van der Waals surface area contributed by atoms with Crippen LogP contribution in [0.15, 0.2) is 53.0 Å². The molecule has 0 spiro atoms. The third-order valence-corrected chi connectivity index (χ3v) is 4.22. The average molecular weight is 347 g/mol. The summed E-state index contributed by atoms with van der Waals surface area (Å²) in [6.07, 6.45) is 1.91. The molecule has 0 amide bonds. The van der Waals surface area contributed by atoms with Crippen LogP contribution in [-0.2, 0) is 13.0 Å². The van der Waals surface area contributed by atoms with Gasteiger partial charge >= 0.3 is 0 Å². The molecule has 0 bridgehead atoms. The highest BCUT2D eigenvalue weighted by atomic mass is 79.9. The van der Waals surface area contributed by atoms with Gasteiger partial charge in [-0.05, 0) is 36.1 Å². The van der Waals surface area contributed by atoms with E-state index in [1.807, 2.05) is 6.07 Å². The largest absolute Gasteiger partial charge is 0.370 e. The Bertz CT molecular complexity index is 569. The standard InChI is InChI=1S/C18H23BrN2/c1-3-17(20)11-15-9-10-16(19)12-18(15)21(2)13-14-7-5-4-6-8-14/h4-10,12,17H,3,11,13,20H2,1-2H3. The first-order chi connectivity index (χ1) is 10.1. The molecule has 0 aromatic heterocycles. The van der Waals surface area contributed by atoms with E-state index >= 15 is 0 Å². The molecule has 0 saturated carbocycles. The molecule has 21 heavy (non-hydrogen) atoms. The van der Waals surface area contributed by atoms with E-state index in [1.54, 1.807) is 0 Å². The van der Waals surface area contributed by atoms with Gasteiger partial charge in [-0.25, -0.2) is 0 Å². The second-order valence-electron chi connectivity index (χ2n) is 5.49. The van der Waals surface area contributed by atoms with Crippen LogP contribution in [0.4, 0.5) is 5.69 Å². The molecule has 2 rings (SSSR count). The van der Waals surface area contributed by atoms with E-state index in [0.29, 0.717) is 0 Å². The SMILES string of the molecule is CCC(N)Cc1ccc(Br)cc1N(C)Cc1ccccc1. The smallest absolute Gasteiger partial charge is 0.0426 e. The first-order valence-electron chi connectivity index (χ1n) is 7.39. The highest BCUT2D eigenvalue weighted by Crippen LogP contribution is 2.27. The fourth-order valence-electron chi connectivity index (χ4n) is 2.43. The number of rotatable bonds is 6. The normalized spacial score (nSPS) is 12.2. The zero-order valence-electron chi connectivity index (χ0n) is 12.7. The topological polar surface area (TPSA) is 29.3 Å². The lowest BCUT2D eigenvalue weighted by atomic mass is 10.0. The van der Waals surface area contributed by atoms with E-state index in [2.05, 4.69) is 77.3 Å². The van der Waals surface area contributed by atoms with E-state index < -0.39 is 0 Å². The van der Waals surface area contributed by atoms with Gasteiger partial charge < -0.3 is 10.6 Å². The maximum absolute atomic E-state index is 6.13. The molecule has 0 aliphatic carbocycles. The summed E-state index contributed by atoms with van der Waals surface area (Å²) in [5, 5.41) is 0. The number of anilines is 1. The first kappa shape index (κ1) is 16.1. The number of nitrogens with two attached hydrogens (primary N) is 1. The van der Waals surface area contributed by atoms with Gasteiger partial charge in [-0.3, -0.25) is 0 Å². The van der Waals surface area contributed by atoms with Crippen molar-refractivity contribution >= 4 is 21.6 Å². The predicted octanol–water partition coefficient (Wildman–Crippen LogP) is 4.37. The minimum atomic E-state index is 0.218. The summed E-state index contributed by atoms with van der Waals surface area (Å²) in [6.45, 7) is 3.03. The van der Waals surface area contributed by atoms with Crippen molar-refractivity contribution in [1.29, 1.82) is 0 Å². The van der Waals surface area contributed by atoms with Crippen molar-refractivity contribution in [2.45, 2.75) is 32.4 Å². The van der Waals surface area contributed by atoms with Crippen LogP contribution >= 0.6 is 15.9 Å². The molecule has 3 heteroatoms. The quantitative estimate of drug-likeness (QED) is 0.841. The summed E-state index contributed by atoms with van der Waals surface area (Å²) in [6, 6.07) is 17.2. The predicted molar refractivity (Wildman–Crippen MR) is 94.7 cm³/mol. The molecule has 112 valence electrons. The zero-order valence-corrected chi connectivity index (χ0v) is 14.3. The Labute approximate surface area is 136 Å². The third kappa shape index (κ3) is 4.58. The van der Waals surface area contributed by atoms with Gasteiger partial charge in [0.1, 0.15) is 0 Å². The molecule has 0 radical (unpaired) electrons. The van der Waals surface area contributed by atoms with Gasteiger partial charge in [0.2, 0.25) is 0 Å². The summed E-state index contributed by atoms with van der Waals surface area (Å²) in [5.74, 6) is 0. The molecular formula is C18H23BrN2. The molecule has 2 aromatic carbocycles. The zero-order chi connectivity index (χ0) is 15.2. The van der Waals surface area contributed by atoms with E-state index in [-0.39, 0.29) is 6.04 Å². The van der Waals surface area contributed by atoms with Gasteiger partial charge in [0.25, 0.3) is 0 Å². The number of hydrogen-bond acceptors (Lipinski definition) is 2. The van der Waals surface area contributed by atoms with E-state index in [9.17, 15) is 0 Å². The van der Waals surface area contributed by atoms with Crippen LogP contribution in [0.1, 0.15) is 24.5 Å². The summed E-state index contributed by atoms with van der Waals surface area (Å²) < 4.78 is 1.10. The molecule has 2 nitrogen and oxygen atoms in total. The summed E-state index contributed by atoms with van der Waals surface area (Å²) in [5.41, 5.74) is 10.0. The molecule has 0 heterocycles. The Balaban J connectivity index is 2.22. The molecule has 0 aliphatic heterocycles. The van der Waals surface area contributed by atoms with Crippen LogP contribution in [0.5, 0.6) is 0 Å². The number of hydrogen-bond donors (Lipinski definition) is 1. The Kier molecular flexibility index (Phi) is 5.83. The van der Waals surface area contributed by atoms with E-state index in [1.165, 1.54) is 16.8 Å². The minimum Gasteiger partial charge on any atom is -0.370 e. The van der Waals surface area contributed by atoms with Crippen LogP contribution in [0.3, 0.4) is 0 Å². The number of benzene rings is 2.